The smallest absolute Gasteiger partial charge is 0.305 e. The maximum atomic E-state index is 11.0. The molecule has 15 heavy (non-hydrogen) atoms. The Morgan fingerprint density at radius 3 is 2.67 bits per heavy atom. The Morgan fingerprint density at radius 1 is 1.27 bits per heavy atom. The molecule has 2 aliphatic carbocycles. The van der Waals surface area contributed by atoms with Crippen molar-refractivity contribution < 1.29 is 14.6 Å². The van der Waals surface area contributed by atoms with Crippen molar-refractivity contribution in [2.45, 2.75) is 57.7 Å². The molecule has 0 spiro atoms. The van der Waals surface area contributed by atoms with Crippen LogP contribution in [0.1, 0.15) is 51.9 Å². The van der Waals surface area contributed by atoms with Crippen LogP contribution >= 0.6 is 0 Å². The monoisotopic (exact) mass is 212 g/mol. The molecule has 86 valence electrons. The maximum Gasteiger partial charge on any atom is 0.305 e. The molecule has 0 bridgehead atoms. The number of carbonyl (C=O) groups is 1. The Labute approximate surface area is 90.8 Å². The summed E-state index contributed by atoms with van der Waals surface area (Å²) in [7, 11) is 0. The molecule has 0 aromatic rings. The molecule has 2 aliphatic rings. The van der Waals surface area contributed by atoms with E-state index in [1.807, 2.05) is 0 Å². The third-order valence-corrected chi connectivity index (χ3v) is 3.92. The number of hydrogen-bond acceptors (Lipinski definition) is 3. The molecule has 0 saturated heterocycles. The van der Waals surface area contributed by atoms with E-state index in [2.05, 4.69) is 0 Å². The summed E-state index contributed by atoms with van der Waals surface area (Å²) >= 11 is 0. The molecule has 1 N–H and O–H groups in total. The average Bonchev–Trinajstić information content (AvgIpc) is 2.17. The number of hydrogen-bond donors (Lipinski definition) is 1. The highest BCUT2D eigenvalue weighted by atomic mass is 16.7. The highest BCUT2D eigenvalue weighted by Crippen LogP contribution is 2.46. The zero-order valence-corrected chi connectivity index (χ0v) is 9.37. The van der Waals surface area contributed by atoms with E-state index in [1.165, 1.54) is 26.2 Å². The molecule has 0 radical (unpaired) electrons. The molecule has 0 aromatic carbocycles. The van der Waals surface area contributed by atoms with Crippen LogP contribution in [-0.2, 0) is 9.53 Å². The van der Waals surface area contributed by atoms with E-state index >= 15 is 0 Å². The highest BCUT2D eigenvalue weighted by Gasteiger charge is 2.47. The van der Waals surface area contributed by atoms with Gasteiger partial charge in [-0.15, -0.1) is 0 Å². The number of aliphatic hydroxyl groups is 1. The van der Waals surface area contributed by atoms with Crippen LogP contribution < -0.4 is 0 Å². The third-order valence-electron chi connectivity index (χ3n) is 3.92. The fourth-order valence-electron chi connectivity index (χ4n) is 3.33. The Bertz CT molecular complexity index is 249. The molecule has 3 nitrogen and oxygen atoms in total. The lowest BCUT2D eigenvalue weighted by Crippen LogP contribution is -2.49. The SMILES string of the molecule is CC(=O)OC1(O)CCCC2CCCCC21. The predicted octanol–water partition coefficient (Wildman–Crippen LogP) is 2.23. The van der Waals surface area contributed by atoms with Gasteiger partial charge in [-0.05, 0) is 31.6 Å². The molecule has 0 aromatic heterocycles. The van der Waals surface area contributed by atoms with Crippen molar-refractivity contribution in [1.29, 1.82) is 0 Å². The first-order valence-electron chi connectivity index (χ1n) is 6.04. The topological polar surface area (TPSA) is 46.5 Å². The summed E-state index contributed by atoms with van der Waals surface area (Å²) in [5.74, 6) is -0.765. The molecular formula is C12H20O3. The second-order valence-electron chi connectivity index (χ2n) is 4.98. The fourth-order valence-corrected chi connectivity index (χ4v) is 3.33. The minimum Gasteiger partial charge on any atom is -0.433 e. The van der Waals surface area contributed by atoms with Crippen LogP contribution in [0, 0.1) is 11.8 Å². The van der Waals surface area contributed by atoms with E-state index in [9.17, 15) is 9.90 Å². The van der Waals surface area contributed by atoms with E-state index in [4.69, 9.17) is 4.74 Å². The fraction of sp³-hybridized carbons (Fsp3) is 0.917. The number of ether oxygens (including phenoxy) is 1. The lowest BCUT2D eigenvalue weighted by Gasteiger charge is -2.45. The first kappa shape index (κ1) is 10.9. The van der Waals surface area contributed by atoms with Crippen LogP contribution in [0.2, 0.25) is 0 Å². The van der Waals surface area contributed by atoms with Crippen LogP contribution in [0.3, 0.4) is 0 Å². The van der Waals surface area contributed by atoms with Gasteiger partial charge in [0.15, 0.2) is 0 Å². The maximum absolute atomic E-state index is 11.0. The summed E-state index contributed by atoms with van der Waals surface area (Å²) in [4.78, 5) is 11.0. The average molecular weight is 212 g/mol. The van der Waals surface area contributed by atoms with Gasteiger partial charge in [0, 0.05) is 19.3 Å². The lowest BCUT2D eigenvalue weighted by atomic mass is 9.67. The molecule has 3 atom stereocenters. The molecule has 2 fully saturated rings. The molecule has 2 saturated carbocycles. The first-order valence-corrected chi connectivity index (χ1v) is 6.04. The van der Waals surface area contributed by atoms with Gasteiger partial charge in [-0.25, -0.2) is 0 Å². The number of esters is 1. The predicted molar refractivity (Wildman–Crippen MR) is 56.0 cm³/mol. The van der Waals surface area contributed by atoms with E-state index in [-0.39, 0.29) is 11.9 Å². The Kier molecular flexibility index (Phi) is 3.01. The Hall–Kier alpha value is -0.570. The molecule has 0 aliphatic heterocycles. The van der Waals surface area contributed by atoms with Gasteiger partial charge < -0.3 is 9.84 Å². The highest BCUT2D eigenvalue weighted by molar-refractivity contribution is 5.66. The van der Waals surface area contributed by atoms with Gasteiger partial charge in [-0.2, -0.15) is 0 Å². The van der Waals surface area contributed by atoms with Crippen LogP contribution in [0.15, 0.2) is 0 Å². The van der Waals surface area contributed by atoms with Crippen molar-refractivity contribution in [3.8, 4) is 0 Å². The second kappa shape index (κ2) is 4.12. The van der Waals surface area contributed by atoms with Crippen LogP contribution in [0.5, 0.6) is 0 Å². The summed E-state index contributed by atoms with van der Waals surface area (Å²) in [6.07, 6.45) is 7.40. The Morgan fingerprint density at radius 2 is 1.93 bits per heavy atom. The van der Waals surface area contributed by atoms with E-state index in [1.54, 1.807) is 0 Å². The first-order chi connectivity index (χ1) is 7.12. The van der Waals surface area contributed by atoms with E-state index in [0.717, 1.165) is 19.3 Å². The van der Waals surface area contributed by atoms with Crippen LogP contribution in [0.4, 0.5) is 0 Å². The van der Waals surface area contributed by atoms with Gasteiger partial charge in [0.2, 0.25) is 5.79 Å². The van der Waals surface area contributed by atoms with Crippen LogP contribution in [-0.4, -0.2) is 16.9 Å². The summed E-state index contributed by atoms with van der Waals surface area (Å²) in [5.41, 5.74) is 0. The largest absolute Gasteiger partial charge is 0.433 e. The van der Waals surface area contributed by atoms with Gasteiger partial charge in [0.05, 0.1) is 0 Å². The number of carbonyl (C=O) groups excluding carboxylic acids is 1. The minimum absolute atomic E-state index is 0.184. The van der Waals surface area contributed by atoms with Crippen molar-refractivity contribution in [2.24, 2.45) is 11.8 Å². The molecule has 2 rings (SSSR count). The van der Waals surface area contributed by atoms with Gasteiger partial charge >= 0.3 is 5.97 Å². The Balaban J connectivity index is 2.11. The standard InChI is InChI=1S/C12H20O3/c1-9(13)15-12(14)8-4-6-10-5-2-3-7-11(10)12/h10-11,14H,2-8H2,1H3. The van der Waals surface area contributed by atoms with Gasteiger partial charge in [0.25, 0.3) is 0 Å². The summed E-state index contributed by atoms with van der Waals surface area (Å²) in [5, 5.41) is 10.4. The van der Waals surface area contributed by atoms with E-state index < -0.39 is 5.79 Å². The molecule has 3 unspecified atom stereocenters. The third kappa shape index (κ3) is 2.17. The quantitative estimate of drug-likeness (QED) is 0.535. The van der Waals surface area contributed by atoms with Gasteiger partial charge in [-0.3, -0.25) is 4.79 Å². The molecule has 0 heterocycles. The second-order valence-corrected chi connectivity index (χ2v) is 4.98. The number of rotatable bonds is 1. The summed E-state index contributed by atoms with van der Waals surface area (Å²) in [6.45, 7) is 1.38. The summed E-state index contributed by atoms with van der Waals surface area (Å²) < 4.78 is 5.16. The van der Waals surface area contributed by atoms with Gasteiger partial charge in [-0.1, -0.05) is 12.8 Å². The zero-order chi connectivity index (χ0) is 10.9. The lowest BCUT2D eigenvalue weighted by molar-refractivity contribution is -0.255. The normalized spacial score (nSPS) is 40.7. The van der Waals surface area contributed by atoms with Crippen molar-refractivity contribution in [1.82, 2.24) is 0 Å². The van der Waals surface area contributed by atoms with Crippen molar-refractivity contribution in [3.05, 3.63) is 0 Å². The number of fused-ring (bicyclic) bond motifs is 1. The molecular weight excluding hydrogens is 192 g/mol. The molecule has 3 heteroatoms. The van der Waals surface area contributed by atoms with Crippen molar-refractivity contribution in [3.63, 3.8) is 0 Å². The van der Waals surface area contributed by atoms with E-state index in [0.29, 0.717) is 12.3 Å². The molecule has 0 amide bonds. The minimum atomic E-state index is -1.16. The van der Waals surface area contributed by atoms with Crippen LogP contribution in [0.25, 0.3) is 0 Å². The summed E-state index contributed by atoms with van der Waals surface area (Å²) in [6, 6.07) is 0. The van der Waals surface area contributed by atoms with Crippen molar-refractivity contribution in [2.75, 3.05) is 0 Å². The zero-order valence-electron chi connectivity index (χ0n) is 9.37. The van der Waals surface area contributed by atoms with Gasteiger partial charge in [0.1, 0.15) is 0 Å². The van der Waals surface area contributed by atoms with Crippen molar-refractivity contribution >= 4 is 5.97 Å².